The van der Waals surface area contributed by atoms with Crippen LogP contribution in [0.2, 0.25) is 0 Å². The van der Waals surface area contributed by atoms with Gasteiger partial charge in [-0.3, -0.25) is 5.32 Å². The van der Waals surface area contributed by atoms with Crippen LogP contribution in [0.3, 0.4) is 0 Å². The quantitative estimate of drug-likeness (QED) is 0.440. The number of carbonyl (C=O) groups excluding carboxylic acids is 1. The monoisotopic (exact) mass is 299 g/mol. The highest BCUT2D eigenvalue weighted by Gasteiger charge is 2.54. The minimum Gasteiger partial charge on any atom is -0.465 e. The van der Waals surface area contributed by atoms with Crippen molar-refractivity contribution in [3.8, 4) is 0 Å². The number of hydrogen-bond acceptors (Lipinski definition) is 5. The molecule has 21 heavy (non-hydrogen) atoms. The molecule has 0 aromatic heterocycles. The van der Waals surface area contributed by atoms with Crippen molar-refractivity contribution in [1.29, 1.82) is 0 Å². The van der Waals surface area contributed by atoms with Gasteiger partial charge in [0, 0.05) is 12.6 Å². The van der Waals surface area contributed by atoms with Gasteiger partial charge in [-0.05, 0) is 44.9 Å². The Bertz CT molecular complexity index is 328. The third-order valence-corrected chi connectivity index (χ3v) is 4.00. The SMILES string of the molecule is CCCOCCOCC(NC1CC1)(C(=O)OCC)C1CC1. The zero-order valence-corrected chi connectivity index (χ0v) is 13.4. The topological polar surface area (TPSA) is 56.8 Å². The van der Waals surface area contributed by atoms with Gasteiger partial charge in [0.2, 0.25) is 0 Å². The molecular weight excluding hydrogens is 270 g/mol. The van der Waals surface area contributed by atoms with E-state index in [-0.39, 0.29) is 5.97 Å². The third kappa shape index (κ3) is 4.94. The number of ether oxygens (including phenoxy) is 3. The highest BCUT2D eigenvalue weighted by molar-refractivity contribution is 5.82. The van der Waals surface area contributed by atoms with E-state index in [0.29, 0.717) is 38.4 Å². The smallest absolute Gasteiger partial charge is 0.329 e. The molecule has 2 fully saturated rings. The van der Waals surface area contributed by atoms with Crippen LogP contribution in [0.25, 0.3) is 0 Å². The van der Waals surface area contributed by atoms with Crippen LogP contribution in [0.4, 0.5) is 0 Å². The first-order chi connectivity index (χ1) is 10.2. The van der Waals surface area contributed by atoms with Crippen molar-refractivity contribution < 1.29 is 19.0 Å². The molecule has 0 aromatic carbocycles. The van der Waals surface area contributed by atoms with Crippen molar-refractivity contribution in [2.45, 2.75) is 57.5 Å². The van der Waals surface area contributed by atoms with Gasteiger partial charge >= 0.3 is 5.97 Å². The lowest BCUT2D eigenvalue weighted by molar-refractivity contribution is -0.156. The van der Waals surface area contributed by atoms with Crippen molar-refractivity contribution in [2.75, 3.05) is 33.0 Å². The average molecular weight is 299 g/mol. The first-order valence-electron chi connectivity index (χ1n) is 8.33. The molecule has 2 rings (SSSR count). The molecule has 1 N–H and O–H groups in total. The maximum Gasteiger partial charge on any atom is 0.329 e. The van der Waals surface area contributed by atoms with Gasteiger partial charge in [-0.25, -0.2) is 4.79 Å². The summed E-state index contributed by atoms with van der Waals surface area (Å²) in [6.07, 6.45) is 5.46. The zero-order chi connectivity index (χ0) is 15.1. The number of hydrogen-bond donors (Lipinski definition) is 1. The van der Waals surface area contributed by atoms with E-state index in [2.05, 4.69) is 12.2 Å². The Labute approximate surface area is 127 Å². The van der Waals surface area contributed by atoms with E-state index in [1.807, 2.05) is 6.92 Å². The molecular formula is C16H29NO4. The minimum atomic E-state index is -0.637. The summed E-state index contributed by atoms with van der Waals surface area (Å²) in [6.45, 7) is 6.61. The van der Waals surface area contributed by atoms with Gasteiger partial charge in [0.25, 0.3) is 0 Å². The first-order valence-corrected chi connectivity index (χ1v) is 8.33. The van der Waals surface area contributed by atoms with E-state index >= 15 is 0 Å². The van der Waals surface area contributed by atoms with Crippen LogP contribution < -0.4 is 5.32 Å². The lowest BCUT2D eigenvalue weighted by Gasteiger charge is -2.32. The van der Waals surface area contributed by atoms with Crippen LogP contribution in [-0.2, 0) is 19.0 Å². The van der Waals surface area contributed by atoms with Gasteiger partial charge < -0.3 is 14.2 Å². The van der Waals surface area contributed by atoms with Gasteiger partial charge in [0.05, 0.1) is 26.4 Å². The van der Waals surface area contributed by atoms with E-state index in [9.17, 15) is 4.79 Å². The molecule has 5 heteroatoms. The minimum absolute atomic E-state index is 0.145. The predicted octanol–water partition coefficient (Wildman–Crippen LogP) is 1.89. The van der Waals surface area contributed by atoms with Crippen LogP contribution in [-0.4, -0.2) is 50.6 Å². The van der Waals surface area contributed by atoms with Gasteiger partial charge in [-0.1, -0.05) is 6.92 Å². The molecule has 0 aliphatic heterocycles. The Kier molecular flexibility index (Phi) is 6.45. The zero-order valence-electron chi connectivity index (χ0n) is 13.4. The second kappa shape index (κ2) is 8.11. The highest BCUT2D eigenvalue weighted by Crippen LogP contribution is 2.42. The number of carbonyl (C=O) groups is 1. The molecule has 1 unspecified atom stereocenters. The van der Waals surface area contributed by atoms with E-state index in [1.54, 1.807) is 0 Å². The van der Waals surface area contributed by atoms with E-state index in [1.165, 1.54) is 0 Å². The molecule has 5 nitrogen and oxygen atoms in total. The fourth-order valence-corrected chi connectivity index (χ4v) is 2.59. The highest BCUT2D eigenvalue weighted by atomic mass is 16.5. The Hall–Kier alpha value is -0.650. The molecule has 0 spiro atoms. The van der Waals surface area contributed by atoms with Crippen molar-refractivity contribution in [2.24, 2.45) is 5.92 Å². The summed E-state index contributed by atoms with van der Waals surface area (Å²) >= 11 is 0. The summed E-state index contributed by atoms with van der Waals surface area (Å²) < 4.78 is 16.5. The summed E-state index contributed by atoms with van der Waals surface area (Å²) in [5, 5.41) is 3.51. The number of esters is 1. The fraction of sp³-hybridized carbons (Fsp3) is 0.938. The summed E-state index contributed by atoms with van der Waals surface area (Å²) in [7, 11) is 0. The van der Waals surface area contributed by atoms with Gasteiger partial charge in [-0.15, -0.1) is 0 Å². The number of nitrogens with one attached hydrogen (secondary N) is 1. The van der Waals surface area contributed by atoms with Crippen LogP contribution in [0.1, 0.15) is 46.0 Å². The van der Waals surface area contributed by atoms with Crippen molar-refractivity contribution >= 4 is 5.97 Å². The van der Waals surface area contributed by atoms with Gasteiger partial charge in [0.15, 0.2) is 0 Å². The first kappa shape index (κ1) is 16.7. The molecule has 2 aliphatic carbocycles. The second-order valence-corrected chi connectivity index (χ2v) is 6.05. The van der Waals surface area contributed by atoms with Gasteiger partial charge in [-0.2, -0.15) is 0 Å². The Morgan fingerprint density at radius 3 is 2.38 bits per heavy atom. The van der Waals surface area contributed by atoms with Crippen molar-refractivity contribution in [3.05, 3.63) is 0 Å². The molecule has 0 saturated heterocycles. The largest absolute Gasteiger partial charge is 0.465 e. The van der Waals surface area contributed by atoms with Crippen LogP contribution in [0.5, 0.6) is 0 Å². The summed E-state index contributed by atoms with van der Waals surface area (Å²) in [4.78, 5) is 12.5. The third-order valence-electron chi connectivity index (χ3n) is 4.00. The maximum atomic E-state index is 12.5. The maximum absolute atomic E-state index is 12.5. The van der Waals surface area contributed by atoms with Crippen LogP contribution in [0, 0.1) is 5.92 Å². The molecule has 122 valence electrons. The molecule has 0 radical (unpaired) electrons. The Morgan fingerprint density at radius 2 is 1.81 bits per heavy atom. The van der Waals surface area contributed by atoms with E-state index < -0.39 is 5.54 Å². The average Bonchev–Trinajstić information content (AvgIpc) is 3.35. The molecule has 2 saturated carbocycles. The lowest BCUT2D eigenvalue weighted by atomic mass is 9.93. The summed E-state index contributed by atoms with van der Waals surface area (Å²) in [6, 6.07) is 0.454. The van der Waals surface area contributed by atoms with Crippen molar-refractivity contribution in [3.63, 3.8) is 0 Å². The molecule has 0 amide bonds. The molecule has 0 heterocycles. The number of rotatable bonds is 12. The standard InChI is InChI=1S/C16H29NO4/c1-3-9-19-10-11-20-12-16(13-5-6-13,15(18)21-4-2)17-14-7-8-14/h13-14,17H,3-12H2,1-2H3. The van der Waals surface area contributed by atoms with E-state index in [0.717, 1.165) is 38.7 Å². The van der Waals surface area contributed by atoms with Gasteiger partial charge in [0.1, 0.15) is 5.54 Å². The van der Waals surface area contributed by atoms with Crippen LogP contribution in [0.15, 0.2) is 0 Å². The predicted molar refractivity (Wildman–Crippen MR) is 80.2 cm³/mol. The molecule has 0 bridgehead atoms. The summed E-state index contributed by atoms with van der Waals surface area (Å²) in [5.41, 5.74) is -0.637. The van der Waals surface area contributed by atoms with Crippen LogP contribution >= 0.6 is 0 Å². The lowest BCUT2D eigenvalue weighted by Crippen LogP contribution is -2.59. The normalized spacial score (nSPS) is 21.0. The second-order valence-electron chi connectivity index (χ2n) is 6.05. The molecule has 0 aromatic rings. The summed E-state index contributed by atoms with van der Waals surface area (Å²) in [5.74, 6) is 0.211. The fourth-order valence-electron chi connectivity index (χ4n) is 2.59. The van der Waals surface area contributed by atoms with E-state index in [4.69, 9.17) is 14.2 Å². The molecule has 2 aliphatic rings. The molecule has 1 atom stereocenters. The van der Waals surface area contributed by atoms with Crippen molar-refractivity contribution in [1.82, 2.24) is 5.32 Å². The Balaban J connectivity index is 1.85. The Morgan fingerprint density at radius 1 is 1.10 bits per heavy atom.